The molecule has 18 heteroatoms. The lowest BCUT2D eigenvalue weighted by Gasteiger charge is -2.32. The third kappa shape index (κ3) is 10.3. The van der Waals surface area contributed by atoms with Gasteiger partial charge in [-0.05, 0) is 57.2 Å². The van der Waals surface area contributed by atoms with Gasteiger partial charge in [-0.15, -0.1) is 16.0 Å². The maximum absolute atomic E-state index is 15.4. The van der Waals surface area contributed by atoms with Crippen LogP contribution in [0.3, 0.4) is 0 Å². The van der Waals surface area contributed by atoms with Gasteiger partial charge in [-0.25, -0.2) is 28.3 Å². The van der Waals surface area contributed by atoms with E-state index in [0.717, 1.165) is 33.6 Å². The minimum atomic E-state index is -2.07. The minimum absolute atomic E-state index is 0.148. The van der Waals surface area contributed by atoms with Crippen LogP contribution < -0.4 is 9.47 Å². The molecule has 304 valence electrons. The molecule has 5 aromatic rings. The summed E-state index contributed by atoms with van der Waals surface area (Å²) in [5, 5.41) is 28.0. The van der Waals surface area contributed by atoms with Gasteiger partial charge in [0.05, 0.1) is 22.3 Å². The highest BCUT2D eigenvalue weighted by atomic mass is 32.1. The zero-order chi connectivity index (χ0) is 42.4. The molecule has 2 aromatic carbocycles. The summed E-state index contributed by atoms with van der Waals surface area (Å²) in [5.41, 5.74) is -0.932. The van der Waals surface area contributed by atoms with Crippen molar-refractivity contribution in [1.29, 1.82) is 5.26 Å². The quantitative estimate of drug-likeness (QED) is 0.0810. The van der Waals surface area contributed by atoms with Crippen molar-refractivity contribution in [2.75, 3.05) is 25.5 Å². The molecule has 58 heavy (non-hydrogen) atoms. The summed E-state index contributed by atoms with van der Waals surface area (Å²) in [6.45, 7) is 7.36. The summed E-state index contributed by atoms with van der Waals surface area (Å²) in [7, 11) is 2.83. The number of nitriles is 1. The smallest absolute Gasteiger partial charge is 0.418 e. The number of hydrogen-bond donors (Lipinski definition) is 1. The number of pyridine rings is 1. The number of carbonyl (C=O) groups is 3. The average Bonchev–Trinajstić information content (AvgIpc) is 3.87. The topological polar surface area (TPSA) is 177 Å². The molecule has 3 heterocycles. The molecule has 0 saturated carbocycles. The fourth-order valence-electron chi connectivity index (χ4n) is 5.70. The fraction of sp³-hybridized carbons (Fsp3) is 0.350. The molecule has 0 bridgehead atoms. The van der Waals surface area contributed by atoms with Crippen molar-refractivity contribution in [2.45, 2.75) is 71.1 Å². The van der Waals surface area contributed by atoms with Crippen LogP contribution in [0.5, 0.6) is 0 Å². The lowest BCUT2D eigenvalue weighted by Crippen LogP contribution is -2.42. The van der Waals surface area contributed by atoms with E-state index in [2.05, 4.69) is 16.2 Å². The first-order chi connectivity index (χ1) is 27.4. The fourth-order valence-corrected chi connectivity index (χ4v) is 6.67. The van der Waals surface area contributed by atoms with E-state index in [1.165, 1.54) is 53.5 Å². The van der Waals surface area contributed by atoms with E-state index in [9.17, 15) is 23.9 Å². The Morgan fingerprint density at radius 1 is 1.07 bits per heavy atom. The zero-order valence-corrected chi connectivity index (χ0v) is 33.7. The van der Waals surface area contributed by atoms with E-state index in [1.54, 1.807) is 76.4 Å². The molecular weight excluding hydrogens is 775 g/mol. The molecule has 2 amide bonds. The molecular formula is C40H43F2N8O7S+. The van der Waals surface area contributed by atoms with Crippen LogP contribution in [0, 0.1) is 23.0 Å². The highest BCUT2D eigenvalue weighted by molar-refractivity contribution is 7.10. The first-order valence-corrected chi connectivity index (χ1v) is 18.8. The molecule has 0 aliphatic heterocycles. The predicted octanol–water partition coefficient (Wildman–Crippen LogP) is 6.23. The normalized spacial score (nSPS) is 13.4. The third-order valence-electron chi connectivity index (χ3n) is 8.93. The van der Waals surface area contributed by atoms with Crippen molar-refractivity contribution < 1.29 is 47.0 Å². The summed E-state index contributed by atoms with van der Waals surface area (Å²) in [6, 6.07) is 14.9. The van der Waals surface area contributed by atoms with Crippen molar-refractivity contribution >= 4 is 35.3 Å². The number of halogens is 2. The monoisotopic (exact) mass is 817 g/mol. The molecule has 3 atom stereocenters. The van der Waals surface area contributed by atoms with Gasteiger partial charge in [0.2, 0.25) is 12.6 Å². The number of carbonyl (C=O) groups excluding carboxylic acids is 3. The third-order valence-corrected chi connectivity index (χ3v) is 9.95. The molecule has 3 aromatic heterocycles. The highest BCUT2D eigenvalue weighted by Crippen LogP contribution is 2.41. The van der Waals surface area contributed by atoms with Crippen molar-refractivity contribution in [1.82, 2.24) is 24.6 Å². The lowest BCUT2D eigenvalue weighted by atomic mass is 9.82. The molecule has 0 spiro atoms. The standard InChI is InChI=1S/C40H43F2N8O7S/c1-25(36-46-33(21-58-36)28-12-10-27(18-43)11-13-28)40(54,31-17-30(41)14-15-32(31)42)22-50-24-49(23-45-50)26(2)56-38(53)48(7)35-29(9-8-16-44-35)20-55-34(51)19-47(6)37(52)57-39(3,4)5/h8-17,21,23-26,54H,19-20,22H2,1-7H3/q+1/t25-,26?,40-/m1/s1. The lowest BCUT2D eigenvalue weighted by molar-refractivity contribution is -0.753. The summed E-state index contributed by atoms with van der Waals surface area (Å²) in [5.74, 6) is -3.02. The van der Waals surface area contributed by atoms with E-state index in [4.69, 9.17) is 24.5 Å². The van der Waals surface area contributed by atoms with Crippen molar-refractivity contribution in [3.63, 3.8) is 0 Å². The van der Waals surface area contributed by atoms with Crippen molar-refractivity contribution in [3.05, 3.63) is 112 Å². The number of ether oxygens (including phenoxy) is 3. The molecule has 0 radical (unpaired) electrons. The average molecular weight is 818 g/mol. The Morgan fingerprint density at radius 2 is 1.79 bits per heavy atom. The van der Waals surface area contributed by atoms with Crippen LogP contribution in [0.15, 0.2) is 78.8 Å². The van der Waals surface area contributed by atoms with E-state index in [0.29, 0.717) is 21.8 Å². The number of anilines is 1. The molecule has 0 saturated heterocycles. The maximum Gasteiger partial charge on any atom is 0.418 e. The first-order valence-electron chi connectivity index (χ1n) is 17.9. The summed E-state index contributed by atoms with van der Waals surface area (Å²) in [6.07, 6.45) is 1.77. The van der Waals surface area contributed by atoms with E-state index in [-0.39, 0.29) is 31.1 Å². The maximum atomic E-state index is 15.4. The van der Waals surface area contributed by atoms with Gasteiger partial charge in [0.1, 0.15) is 48.4 Å². The predicted molar refractivity (Wildman–Crippen MR) is 206 cm³/mol. The van der Waals surface area contributed by atoms with Gasteiger partial charge in [-0.3, -0.25) is 9.69 Å². The van der Waals surface area contributed by atoms with Crippen LogP contribution >= 0.6 is 11.3 Å². The zero-order valence-electron chi connectivity index (χ0n) is 32.9. The highest BCUT2D eigenvalue weighted by Gasteiger charge is 2.43. The minimum Gasteiger partial charge on any atom is -0.459 e. The number of hydrogen-bond acceptors (Lipinski definition) is 12. The summed E-state index contributed by atoms with van der Waals surface area (Å²) in [4.78, 5) is 49.3. The molecule has 0 fully saturated rings. The number of benzene rings is 2. The molecule has 0 aliphatic rings. The van der Waals surface area contributed by atoms with Crippen LogP contribution in [0.1, 0.15) is 68.5 Å². The van der Waals surface area contributed by atoms with Crippen LogP contribution in [-0.4, -0.2) is 74.2 Å². The van der Waals surface area contributed by atoms with Gasteiger partial charge in [-0.1, -0.05) is 25.1 Å². The van der Waals surface area contributed by atoms with E-state index in [1.807, 2.05) is 0 Å². The Balaban J connectivity index is 1.28. The van der Waals surface area contributed by atoms with Crippen LogP contribution in [0.25, 0.3) is 11.3 Å². The van der Waals surface area contributed by atoms with Crippen molar-refractivity contribution in [2.24, 2.45) is 0 Å². The molecule has 1 unspecified atom stereocenters. The molecule has 5 rings (SSSR count). The van der Waals surface area contributed by atoms with Gasteiger partial charge in [-0.2, -0.15) is 9.83 Å². The number of aromatic nitrogens is 5. The van der Waals surface area contributed by atoms with Gasteiger partial charge in [0, 0.05) is 60.3 Å². The first kappa shape index (κ1) is 42.8. The summed E-state index contributed by atoms with van der Waals surface area (Å²) < 4.78 is 49.0. The Morgan fingerprint density at radius 3 is 2.48 bits per heavy atom. The molecule has 15 nitrogen and oxygen atoms in total. The Labute approximate surface area is 337 Å². The SMILES string of the molecule is CC(OC(=O)N(C)c1ncccc1COC(=O)CN(C)C(=O)OC(C)(C)C)[n+]1cnn(C[C@](O)(c2cc(F)ccc2F)[C@H](C)c2nc(-c3ccc(C#N)cc3)cs2)c1. The number of likely N-dealkylation sites (N-methyl/N-ethyl adjacent to an activating group) is 1. The second-order valence-electron chi connectivity index (χ2n) is 14.4. The van der Waals surface area contributed by atoms with Gasteiger partial charge in [0.15, 0.2) is 0 Å². The Bertz CT molecular complexity index is 2310. The summed E-state index contributed by atoms with van der Waals surface area (Å²) >= 11 is 1.23. The number of rotatable bonds is 13. The van der Waals surface area contributed by atoms with Crippen LogP contribution in [-0.2, 0) is 37.8 Å². The number of amides is 2. The van der Waals surface area contributed by atoms with Gasteiger partial charge in [0.25, 0.3) is 6.33 Å². The van der Waals surface area contributed by atoms with Crippen molar-refractivity contribution in [3.8, 4) is 17.3 Å². The Kier molecular flexibility index (Phi) is 13.2. The molecule has 0 aliphatic carbocycles. The van der Waals surface area contributed by atoms with E-state index < -0.39 is 53.1 Å². The van der Waals surface area contributed by atoms with E-state index >= 15 is 4.39 Å². The second-order valence-corrected chi connectivity index (χ2v) is 15.3. The van der Waals surface area contributed by atoms with Crippen LogP contribution in [0.2, 0.25) is 0 Å². The van der Waals surface area contributed by atoms with Gasteiger partial charge < -0.3 is 24.2 Å². The number of thiazole rings is 1. The number of esters is 1. The molecule has 1 N–H and O–H groups in total. The van der Waals surface area contributed by atoms with Gasteiger partial charge >= 0.3 is 18.2 Å². The second kappa shape index (κ2) is 17.9. The van der Waals surface area contributed by atoms with Crippen LogP contribution in [0.4, 0.5) is 24.2 Å². The number of aliphatic hydroxyl groups is 1. The Hall–Kier alpha value is -6.32. The largest absolute Gasteiger partial charge is 0.459 e. The number of nitrogens with zero attached hydrogens (tertiary/aromatic N) is 8.